The van der Waals surface area contributed by atoms with Gasteiger partial charge in [0.2, 0.25) is 0 Å². The molecule has 0 saturated carbocycles. The molecule has 16 heavy (non-hydrogen) atoms. The van der Waals surface area contributed by atoms with Crippen molar-refractivity contribution in [1.29, 1.82) is 0 Å². The molecule has 1 aromatic carbocycles. The molecule has 2 aliphatic rings. The minimum absolute atomic E-state index is 0.661. The molecule has 2 aliphatic heterocycles. The van der Waals surface area contributed by atoms with E-state index in [1.165, 1.54) is 11.3 Å². The number of para-hydroxylation sites is 1. The predicted molar refractivity (Wildman–Crippen MR) is 64.5 cm³/mol. The van der Waals surface area contributed by atoms with Crippen LogP contribution >= 0.6 is 0 Å². The summed E-state index contributed by atoms with van der Waals surface area (Å²) >= 11 is 0. The topological polar surface area (TPSA) is 35.5 Å². The zero-order valence-corrected chi connectivity index (χ0v) is 9.66. The van der Waals surface area contributed by atoms with Crippen LogP contribution in [0.15, 0.2) is 18.2 Å². The maximum atomic E-state index is 10.4. The standard InChI is InChI=1S/C13H18N2O/c1-13(16)5-7-15-8-6-14-9-10-3-2-4-11(13)12(10)15/h2-4,14,16H,5-9H2,1H3/t13-/m1/s1. The van der Waals surface area contributed by atoms with E-state index in [-0.39, 0.29) is 0 Å². The second-order valence-corrected chi connectivity index (χ2v) is 5.00. The van der Waals surface area contributed by atoms with Gasteiger partial charge in [0.1, 0.15) is 0 Å². The van der Waals surface area contributed by atoms with Gasteiger partial charge in [-0.3, -0.25) is 0 Å². The molecule has 0 amide bonds. The summed E-state index contributed by atoms with van der Waals surface area (Å²) in [6.45, 7) is 5.86. The average molecular weight is 218 g/mol. The molecule has 0 fully saturated rings. The van der Waals surface area contributed by atoms with Gasteiger partial charge in [-0.05, 0) is 18.9 Å². The lowest BCUT2D eigenvalue weighted by molar-refractivity contribution is 0.0456. The van der Waals surface area contributed by atoms with Gasteiger partial charge >= 0.3 is 0 Å². The monoisotopic (exact) mass is 218 g/mol. The van der Waals surface area contributed by atoms with Crippen LogP contribution in [0, 0.1) is 0 Å². The number of benzene rings is 1. The van der Waals surface area contributed by atoms with E-state index < -0.39 is 5.60 Å². The highest BCUT2D eigenvalue weighted by Gasteiger charge is 2.34. The van der Waals surface area contributed by atoms with Crippen LogP contribution in [0.3, 0.4) is 0 Å². The zero-order valence-electron chi connectivity index (χ0n) is 9.66. The Balaban J connectivity index is 2.19. The van der Waals surface area contributed by atoms with Crippen molar-refractivity contribution >= 4 is 5.69 Å². The van der Waals surface area contributed by atoms with E-state index in [9.17, 15) is 5.11 Å². The molecule has 0 radical (unpaired) electrons. The summed E-state index contributed by atoms with van der Waals surface area (Å²) in [5, 5.41) is 13.9. The van der Waals surface area contributed by atoms with Gasteiger partial charge in [-0.25, -0.2) is 0 Å². The first kappa shape index (κ1) is 10.1. The summed E-state index contributed by atoms with van der Waals surface area (Å²) in [5.41, 5.74) is 3.02. The van der Waals surface area contributed by atoms with E-state index in [0.29, 0.717) is 0 Å². The van der Waals surface area contributed by atoms with Crippen molar-refractivity contribution in [2.24, 2.45) is 0 Å². The van der Waals surface area contributed by atoms with Crippen LogP contribution in [0.4, 0.5) is 5.69 Å². The van der Waals surface area contributed by atoms with Gasteiger partial charge in [-0.2, -0.15) is 0 Å². The van der Waals surface area contributed by atoms with Crippen LogP contribution in [0.5, 0.6) is 0 Å². The minimum Gasteiger partial charge on any atom is -0.385 e. The molecule has 2 N–H and O–H groups in total. The first-order chi connectivity index (χ1) is 7.68. The first-order valence-corrected chi connectivity index (χ1v) is 5.99. The number of nitrogens with zero attached hydrogens (tertiary/aromatic N) is 1. The molecule has 0 aliphatic carbocycles. The highest BCUT2D eigenvalue weighted by atomic mass is 16.3. The predicted octanol–water partition coefficient (Wildman–Crippen LogP) is 1.21. The summed E-state index contributed by atoms with van der Waals surface area (Å²) in [6.07, 6.45) is 0.823. The highest BCUT2D eigenvalue weighted by Crippen LogP contribution is 2.40. The Kier molecular flexibility index (Phi) is 2.19. The van der Waals surface area contributed by atoms with Crippen LogP contribution in [0.25, 0.3) is 0 Å². The number of nitrogens with one attached hydrogen (secondary N) is 1. The summed E-state index contributed by atoms with van der Waals surface area (Å²) in [4.78, 5) is 2.41. The van der Waals surface area contributed by atoms with Gasteiger partial charge < -0.3 is 15.3 Å². The summed E-state index contributed by atoms with van der Waals surface area (Å²) < 4.78 is 0. The molecule has 1 aromatic rings. The smallest absolute Gasteiger partial charge is 0.0905 e. The Bertz CT molecular complexity index is 414. The Morgan fingerprint density at radius 3 is 3.12 bits per heavy atom. The van der Waals surface area contributed by atoms with E-state index in [0.717, 1.165) is 38.2 Å². The minimum atomic E-state index is -0.661. The normalized spacial score (nSPS) is 28.5. The Morgan fingerprint density at radius 2 is 2.25 bits per heavy atom. The molecule has 0 aromatic heterocycles. The van der Waals surface area contributed by atoms with Crippen LogP contribution in [-0.2, 0) is 12.1 Å². The number of anilines is 1. The molecule has 3 nitrogen and oxygen atoms in total. The summed E-state index contributed by atoms with van der Waals surface area (Å²) in [6, 6.07) is 6.28. The SMILES string of the molecule is C[C@@]1(O)CCN2CCNCc3cccc1c32. The second kappa shape index (κ2) is 3.47. The molecule has 3 rings (SSSR count). The number of hydrogen-bond donors (Lipinski definition) is 2. The fraction of sp³-hybridized carbons (Fsp3) is 0.538. The van der Waals surface area contributed by atoms with Gasteiger partial charge in [0.15, 0.2) is 0 Å². The fourth-order valence-electron chi connectivity index (χ4n) is 2.80. The molecule has 3 heteroatoms. The molecule has 86 valence electrons. The van der Waals surface area contributed by atoms with Gasteiger partial charge in [0, 0.05) is 37.4 Å². The van der Waals surface area contributed by atoms with Crippen molar-refractivity contribution in [3.63, 3.8) is 0 Å². The van der Waals surface area contributed by atoms with E-state index in [1.807, 2.05) is 6.92 Å². The lowest BCUT2D eigenvalue weighted by Gasteiger charge is -2.39. The highest BCUT2D eigenvalue weighted by molar-refractivity contribution is 5.63. The van der Waals surface area contributed by atoms with Crippen molar-refractivity contribution < 1.29 is 5.11 Å². The molecule has 0 saturated heterocycles. The molecular weight excluding hydrogens is 200 g/mol. The van der Waals surface area contributed by atoms with E-state index in [2.05, 4.69) is 28.4 Å². The van der Waals surface area contributed by atoms with E-state index in [4.69, 9.17) is 0 Å². The van der Waals surface area contributed by atoms with Crippen molar-refractivity contribution in [3.8, 4) is 0 Å². The van der Waals surface area contributed by atoms with Gasteiger partial charge in [0.05, 0.1) is 5.60 Å². The van der Waals surface area contributed by atoms with Gasteiger partial charge in [-0.15, -0.1) is 0 Å². The third-order valence-electron chi connectivity index (χ3n) is 3.76. The third kappa shape index (κ3) is 1.43. The largest absolute Gasteiger partial charge is 0.385 e. The van der Waals surface area contributed by atoms with E-state index >= 15 is 0 Å². The first-order valence-electron chi connectivity index (χ1n) is 5.99. The van der Waals surface area contributed by atoms with Crippen LogP contribution in [-0.4, -0.2) is 24.7 Å². The number of hydrogen-bond acceptors (Lipinski definition) is 3. The molecule has 0 bridgehead atoms. The second-order valence-electron chi connectivity index (χ2n) is 5.00. The molecule has 0 spiro atoms. The maximum absolute atomic E-state index is 10.4. The van der Waals surface area contributed by atoms with Gasteiger partial charge in [0.25, 0.3) is 0 Å². The quantitative estimate of drug-likeness (QED) is 0.687. The van der Waals surface area contributed by atoms with Crippen molar-refractivity contribution in [2.45, 2.75) is 25.5 Å². The Morgan fingerprint density at radius 1 is 1.38 bits per heavy atom. The lowest BCUT2D eigenvalue weighted by Crippen LogP contribution is -2.40. The summed E-state index contributed by atoms with van der Waals surface area (Å²) in [5.74, 6) is 0. The summed E-state index contributed by atoms with van der Waals surface area (Å²) in [7, 11) is 0. The van der Waals surface area contributed by atoms with E-state index in [1.54, 1.807) is 0 Å². The number of aliphatic hydroxyl groups is 1. The maximum Gasteiger partial charge on any atom is 0.0905 e. The zero-order chi connectivity index (χ0) is 11.2. The average Bonchev–Trinajstić information content (AvgIpc) is 2.47. The van der Waals surface area contributed by atoms with Gasteiger partial charge in [-0.1, -0.05) is 18.2 Å². The molecular formula is C13H18N2O. The Labute approximate surface area is 96.1 Å². The Hall–Kier alpha value is -1.06. The van der Waals surface area contributed by atoms with Crippen molar-refractivity contribution in [2.75, 3.05) is 24.5 Å². The van der Waals surface area contributed by atoms with Crippen LogP contribution < -0.4 is 10.2 Å². The fourth-order valence-corrected chi connectivity index (χ4v) is 2.80. The van der Waals surface area contributed by atoms with Crippen molar-refractivity contribution in [3.05, 3.63) is 29.3 Å². The molecule has 0 unspecified atom stereocenters. The molecule has 1 atom stereocenters. The lowest BCUT2D eigenvalue weighted by atomic mass is 9.85. The third-order valence-corrected chi connectivity index (χ3v) is 3.76. The van der Waals surface area contributed by atoms with Crippen molar-refractivity contribution in [1.82, 2.24) is 5.32 Å². The number of rotatable bonds is 0. The molecule has 2 heterocycles. The van der Waals surface area contributed by atoms with Crippen LogP contribution in [0.1, 0.15) is 24.5 Å². The van der Waals surface area contributed by atoms with Crippen LogP contribution in [0.2, 0.25) is 0 Å².